The zero-order valence-electron chi connectivity index (χ0n) is 18.7. The molecule has 172 valence electrons. The van der Waals surface area contributed by atoms with E-state index in [4.69, 9.17) is 4.74 Å². The van der Waals surface area contributed by atoms with Crippen molar-refractivity contribution in [3.05, 3.63) is 90.0 Å². The Balaban J connectivity index is 1.37. The molecule has 34 heavy (non-hydrogen) atoms. The average molecular weight is 456 g/mol. The third kappa shape index (κ3) is 5.20. The number of amides is 3. The highest BCUT2D eigenvalue weighted by atomic mass is 16.5. The van der Waals surface area contributed by atoms with Crippen molar-refractivity contribution in [2.45, 2.75) is 32.4 Å². The molecule has 0 aliphatic carbocycles. The van der Waals surface area contributed by atoms with E-state index in [-0.39, 0.29) is 36.8 Å². The number of hydrogen-bond donors (Lipinski definition) is 1. The van der Waals surface area contributed by atoms with Gasteiger partial charge in [-0.3, -0.25) is 19.3 Å². The Morgan fingerprint density at radius 3 is 2.18 bits per heavy atom. The van der Waals surface area contributed by atoms with E-state index >= 15 is 0 Å². The van der Waals surface area contributed by atoms with Crippen molar-refractivity contribution in [2.75, 3.05) is 5.32 Å². The van der Waals surface area contributed by atoms with Gasteiger partial charge < -0.3 is 10.1 Å². The molecule has 1 aliphatic heterocycles. The molecule has 1 saturated heterocycles. The van der Waals surface area contributed by atoms with Crippen LogP contribution in [0.2, 0.25) is 0 Å². The number of likely N-dealkylation sites (tertiary alicyclic amines) is 1. The SMILES string of the molecule is CC(OC(=O)c1ccc(CN2C(=O)CCC2=O)cc1)C(=O)Nc1ccccc1-c1ccccc1. The van der Waals surface area contributed by atoms with Gasteiger partial charge in [-0.25, -0.2) is 4.79 Å². The standard InChI is InChI=1S/C27H24N2O5/c1-18(26(32)28-23-10-6-5-9-22(23)20-7-3-2-4-8-20)34-27(33)21-13-11-19(12-14-21)17-29-24(30)15-16-25(29)31/h2-14,18H,15-17H2,1H3,(H,28,32). The highest BCUT2D eigenvalue weighted by molar-refractivity contribution is 6.02. The minimum atomic E-state index is -1.02. The fourth-order valence-corrected chi connectivity index (χ4v) is 3.71. The number of para-hydroxylation sites is 1. The minimum absolute atomic E-state index is 0.173. The molecule has 7 heteroatoms. The maximum atomic E-state index is 12.7. The van der Waals surface area contributed by atoms with E-state index in [1.807, 2.05) is 48.5 Å². The molecule has 1 atom stereocenters. The lowest BCUT2D eigenvalue weighted by atomic mass is 10.0. The Kier molecular flexibility index (Phi) is 6.82. The highest BCUT2D eigenvalue weighted by Gasteiger charge is 2.28. The summed E-state index contributed by atoms with van der Waals surface area (Å²) >= 11 is 0. The Morgan fingerprint density at radius 2 is 1.50 bits per heavy atom. The zero-order chi connectivity index (χ0) is 24.1. The average Bonchev–Trinajstić information content (AvgIpc) is 3.17. The van der Waals surface area contributed by atoms with Gasteiger partial charge in [-0.05, 0) is 36.2 Å². The molecule has 1 N–H and O–H groups in total. The number of rotatable bonds is 7. The van der Waals surface area contributed by atoms with Gasteiger partial charge >= 0.3 is 5.97 Å². The lowest BCUT2D eigenvalue weighted by Crippen LogP contribution is -2.30. The molecule has 3 amide bonds. The summed E-state index contributed by atoms with van der Waals surface area (Å²) in [6.07, 6.45) is -0.547. The van der Waals surface area contributed by atoms with E-state index in [1.54, 1.807) is 30.3 Å². The van der Waals surface area contributed by atoms with E-state index in [0.29, 0.717) is 5.69 Å². The number of hydrogen-bond acceptors (Lipinski definition) is 5. The smallest absolute Gasteiger partial charge is 0.338 e. The van der Waals surface area contributed by atoms with Crippen LogP contribution in [0.25, 0.3) is 11.1 Å². The molecule has 0 radical (unpaired) electrons. The molecule has 0 spiro atoms. The topological polar surface area (TPSA) is 92.8 Å². The molecule has 1 unspecified atom stereocenters. The van der Waals surface area contributed by atoms with Gasteiger partial charge in [-0.15, -0.1) is 0 Å². The number of ether oxygens (including phenoxy) is 1. The van der Waals surface area contributed by atoms with Crippen LogP contribution in [0.15, 0.2) is 78.9 Å². The Bertz CT molecular complexity index is 1210. The third-order valence-corrected chi connectivity index (χ3v) is 5.61. The quantitative estimate of drug-likeness (QED) is 0.425. The molecule has 0 saturated carbocycles. The van der Waals surface area contributed by atoms with Crippen LogP contribution in [0.5, 0.6) is 0 Å². The third-order valence-electron chi connectivity index (χ3n) is 5.61. The first kappa shape index (κ1) is 22.9. The predicted octanol–water partition coefficient (Wildman–Crippen LogP) is 4.19. The highest BCUT2D eigenvalue weighted by Crippen LogP contribution is 2.27. The molecular formula is C27H24N2O5. The summed E-state index contributed by atoms with van der Waals surface area (Å²) in [4.78, 5) is 50.0. The fraction of sp³-hybridized carbons (Fsp3) is 0.185. The molecule has 0 aromatic heterocycles. The Morgan fingerprint density at radius 1 is 0.882 bits per heavy atom. The van der Waals surface area contributed by atoms with Crippen LogP contribution in [-0.2, 0) is 25.7 Å². The molecule has 4 rings (SSSR count). The second kappa shape index (κ2) is 10.1. The number of imide groups is 1. The molecule has 1 aliphatic rings. The van der Waals surface area contributed by atoms with Crippen LogP contribution in [0.3, 0.4) is 0 Å². The summed E-state index contributed by atoms with van der Waals surface area (Å²) < 4.78 is 5.35. The van der Waals surface area contributed by atoms with Gasteiger partial charge in [0.1, 0.15) is 0 Å². The molecule has 0 bridgehead atoms. The molecule has 3 aromatic rings. The van der Waals surface area contributed by atoms with Crippen molar-refractivity contribution >= 4 is 29.4 Å². The number of esters is 1. The van der Waals surface area contributed by atoms with Gasteiger partial charge in [-0.2, -0.15) is 0 Å². The van der Waals surface area contributed by atoms with Crippen LogP contribution in [-0.4, -0.2) is 34.7 Å². The van der Waals surface area contributed by atoms with Crippen LogP contribution in [0.1, 0.15) is 35.7 Å². The van der Waals surface area contributed by atoms with E-state index in [0.717, 1.165) is 16.7 Å². The molecule has 7 nitrogen and oxygen atoms in total. The van der Waals surface area contributed by atoms with Crippen LogP contribution in [0.4, 0.5) is 5.69 Å². The maximum absolute atomic E-state index is 12.7. The number of benzene rings is 3. The van der Waals surface area contributed by atoms with E-state index < -0.39 is 18.0 Å². The van der Waals surface area contributed by atoms with Crippen LogP contribution >= 0.6 is 0 Å². The lowest BCUT2D eigenvalue weighted by molar-refractivity contribution is -0.139. The summed E-state index contributed by atoms with van der Waals surface area (Å²) in [7, 11) is 0. The summed E-state index contributed by atoms with van der Waals surface area (Å²) in [5.41, 5.74) is 3.44. The number of anilines is 1. The van der Waals surface area contributed by atoms with Crippen molar-refractivity contribution in [3.63, 3.8) is 0 Å². The molecule has 1 fully saturated rings. The van der Waals surface area contributed by atoms with Crippen molar-refractivity contribution in [1.29, 1.82) is 0 Å². The van der Waals surface area contributed by atoms with Crippen LogP contribution < -0.4 is 5.32 Å². The minimum Gasteiger partial charge on any atom is -0.449 e. The summed E-state index contributed by atoms with van der Waals surface area (Å²) in [5, 5.41) is 2.84. The van der Waals surface area contributed by atoms with E-state index in [2.05, 4.69) is 5.32 Å². The van der Waals surface area contributed by atoms with Gasteiger partial charge in [0.25, 0.3) is 5.91 Å². The van der Waals surface area contributed by atoms with Crippen molar-refractivity contribution in [2.24, 2.45) is 0 Å². The van der Waals surface area contributed by atoms with Gasteiger partial charge in [0.15, 0.2) is 6.10 Å². The van der Waals surface area contributed by atoms with Crippen LogP contribution in [0, 0.1) is 0 Å². The molecule has 1 heterocycles. The normalized spacial score (nSPS) is 14.1. The summed E-state index contributed by atoms with van der Waals surface area (Å²) in [6.45, 7) is 1.68. The van der Waals surface area contributed by atoms with Crippen molar-refractivity contribution in [3.8, 4) is 11.1 Å². The maximum Gasteiger partial charge on any atom is 0.338 e. The van der Waals surface area contributed by atoms with Gasteiger partial charge in [0.05, 0.1) is 12.1 Å². The fourth-order valence-electron chi connectivity index (χ4n) is 3.71. The number of carbonyl (C=O) groups is 4. The molecular weight excluding hydrogens is 432 g/mol. The Labute approximate surface area is 197 Å². The number of carbonyl (C=O) groups excluding carboxylic acids is 4. The second-order valence-corrected chi connectivity index (χ2v) is 8.02. The van der Waals surface area contributed by atoms with E-state index in [9.17, 15) is 19.2 Å². The number of nitrogens with one attached hydrogen (secondary N) is 1. The first-order valence-corrected chi connectivity index (χ1v) is 11.0. The van der Waals surface area contributed by atoms with Gasteiger partial charge in [0, 0.05) is 24.1 Å². The summed E-state index contributed by atoms with van der Waals surface area (Å²) in [5.74, 6) is -1.47. The van der Waals surface area contributed by atoms with Crippen molar-refractivity contribution in [1.82, 2.24) is 4.90 Å². The van der Waals surface area contributed by atoms with Gasteiger partial charge in [-0.1, -0.05) is 60.7 Å². The van der Waals surface area contributed by atoms with Gasteiger partial charge in [0.2, 0.25) is 11.8 Å². The Hall–Kier alpha value is -4.26. The van der Waals surface area contributed by atoms with E-state index in [1.165, 1.54) is 11.8 Å². The zero-order valence-corrected chi connectivity index (χ0v) is 18.7. The second-order valence-electron chi connectivity index (χ2n) is 8.02. The monoisotopic (exact) mass is 456 g/mol. The number of nitrogens with zero attached hydrogens (tertiary/aromatic N) is 1. The van der Waals surface area contributed by atoms with Crippen molar-refractivity contribution < 1.29 is 23.9 Å². The first-order chi connectivity index (χ1) is 16.4. The predicted molar refractivity (Wildman–Crippen MR) is 127 cm³/mol. The first-order valence-electron chi connectivity index (χ1n) is 11.0. The largest absolute Gasteiger partial charge is 0.449 e. The molecule has 3 aromatic carbocycles. The summed E-state index contributed by atoms with van der Waals surface area (Å²) in [6, 6.07) is 23.5. The lowest BCUT2D eigenvalue weighted by Gasteiger charge is -2.16.